The molecule has 1 aliphatic heterocycles. The first-order valence-electron chi connectivity index (χ1n) is 8.12. The first kappa shape index (κ1) is 14.9. The van der Waals surface area contributed by atoms with Crippen LogP contribution in [0.1, 0.15) is 39.8 Å². The van der Waals surface area contributed by atoms with Crippen LogP contribution in [0, 0.1) is 5.92 Å². The molecule has 2 aromatic heterocycles. The molecule has 2 aromatic rings. The van der Waals surface area contributed by atoms with Gasteiger partial charge >= 0.3 is 0 Å². The van der Waals surface area contributed by atoms with Gasteiger partial charge in [0.15, 0.2) is 0 Å². The summed E-state index contributed by atoms with van der Waals surface area (Å²) < 4.78 is 7.72. The quantitative estimate of drug-likeness (QED) is 0.846. The molecule has 1 saturated carbocycles. The monoisotopic (exact) mass is 331 g/mol. The maximum atomic E-state index is 12.7. The number of methoxy groups -OCH3 is 1. The Morgan fingerprint density at radius 3 is 3.04 bits per heavy atom. The highest BCUT2D eigenvalue weighted by Gasteiger charge is 2.34. The molecule has 5 nitrogen and oxygen atoms in total. The van der Waals surface area contributed by atoms with E-state index in [1.165, 1.54) is 29.9 Å². The third-order valence-electron chi connectivity index (χ3n) is 4.66. The number of imidazole rings is 1. The molecule has 0 bridgehead atoms. The Morgan fingerprint density at radius 2 is 2.35 bits per heavy atom. The number of hydrogen-bond acceptors (Lipinski definition) is 4. The predicted molar refractivity (Wildman–Crippen MR) is 88.6 cm³/mol. The van der Waals surface area contributed by atoms with E-state index in [1.807, 2.05) is 28.7 Å². The highest BCUT2D eigenvalue weighted by atomic mass is 32.1. The highest BCUT2D eigenvalue weighted by Crippen LogP contribution is 2.34. The molecule has 0 aromatic carbocycles. The average Bonchev–Trinajstić information content (AvgIpc) is 3.04. The molecule has 0 N–H and O–H groups in total. The second-order valence-corrected chi connectivity index (χ2v) is 7.44. The van der Waals surface area contributed by atoms with Crippen molar-refractivity contribution in [2.45, 2.75) is 31.8 Å². The first-order valence-corrected chi connectivity index (χ1v) is 9.00. The van der Waals surface area contributed by atoms with Crippen LogP contribution in [0.5, 0.6) is 0 Å². The lowest BCUT2D eigenvalue weighted by molar-refractivity contribution is 0.0677. The van der Waals surface area contributed by atoms with Gasteiger partial charge in [-0.05, 0) is 30.2 Å². The van der Waals surface area contributed by atoms with Crippen molar-refractivity contribution in [2.75, 3.05) is 20.3 Å². The molecule has 1 atom stereocenters. The number of aromatic nitrogens is 2. The summed E-state index contributed by atoms with van der Waals surface area (Å²) >= 11 is 1.49. The molecule has 23 heavy (non-hydrogen) atoms. The van der Waals surface area contributed by atoms with Gasteiger partial charge in [0, 0.05) is 31.8 Å². The number of hydrogen-bond donors (Lipinski definition) is 0. The SMILES string of the molecule is COC[C@@H]1CN(C(=O)c2cccs2)Cc2ncn(CC3CC3)c21. The number of ether oxygens (including phenoxy) is 1. The zero-order valence-corrected chi connectivity index (χ0v) is 14.1. The van der Waals surface area contributed by atoms with Crippen LogP contribution in [0.25, 0.3) is 0 Å². The maximum Gasteiger partial charge on any atom is 0.264 e. The predicted octanol–water partition coefficient (Wildman–Crippen LogP) is 2.74. The van der Waals surface area contributed by atoms with Crippen LogP contribution < -0.4 is 0 Å². The van der Waals surface area contributed by atoms with Crippen molar-refractivity contribution in [3.63, 3.8) is 0 Å². The summed E-state index contributed by atoms with van der Waals surface area (Å²) in [4.78, 5) is 20.0. The highest BCUT2D eigenvalue weighted by molar-refractivity contribution is 7.12. The number of carbonyl (C=O) groups excluding carboxylic acids is 1. The first-order chi connectivity index (χ1) is 11.3. The number of rotatable bonds is 5. The second kappa shape index (κ2) is 6.09. The van der Waals surface area contributed by atoms with Crippen LogP contribution in [0.3, 0.4) is 0 Å². The summed E-state index contributed by atoms with van der Waals surface area (Å²) in [6, 6.07) is 3.81. The van der Waals surface area contributed by atoms with Crippen molar-refractivity contribution < 1.29 is 9.53 Å². The molecule has 0 saturated heterocycles. The van der Waals surface area contributed by atoms with E-state index >= 15 is 0 Å². The summed E-state index contributed by atoms with van der Waals surface area (Å²) in [5.74, 6) is 1.11. The molecule has 122 valence electrons. The van der Waals surface area contributed by atoms with Gasteiger partial charge in [0.1, 0.15) is 0 Å². The molecule has 0 radical (unpaired) electrons. The van der Waals surface area contributed by atoms with E-state index in [1.54, 1.807) is 7.11 Å². The average molecular weight is 331 g/mol. The summed E-state index contributed by atoms with van der Waals surface area (Å²) in [6.45, 7) is 2.98. The number of amides is 1. The smallest absolute Gasteiger partial charge is 0.264 e. The standard InChI is InChI=1S/C17H21N3O2S/c1-22-10-13-8-19(17(21)15-3-2-6-23-15)9-14-16(13)20(11-18-14)7-12-4-5-12/h2-3,6,11-13H,4-5,7-10H2,1H3/t13-/m0/s1. The summed E-state index contributed by atoms with van der Waals surface area (Å²) in [5, 5.41) is 1.94. The minimum atomic E-state index is 0.100. The molecule has 4 rings (SSSR count). The van der Waals surface area contributed by atoms with Gasteiger partial charge < -0.3 is 14.2 Å². The van der Waals surface area contributed by atoms with Gasteiger partial charge in [0.05, 0.1) is 30.1 Å². The minimum Gasteiger partial charge on any atom is -0.384 e. The van der Waals surface area contributed by atoms with Crippen LogP contribution in [-0.2, 0) is 17.8 Å². The molecule has 3 heterocycles. The van der Waals surface area contributed by atoms with Gasteiger partial charge in [-0.25, -0.2) is 4.98 Å². The number of thiophene rings is 1. The Hall–Kier alpha value is -1.66. The van der Waals surface area contributed by atoms with Gasteiger partial charge in [-0.2, -0.15) is 0 Å². The van der Waals surface area contributed by atoms with Crippen molar-refractivity contribution >= 4 is 17.2 Å². The van der Waals surface area contributed by atoms with Crippen LogP contribution in [0.2, 0.25) is 0 Å². The molecule has 0 spiro atoms. The van der Waals surface area contributed by atoms with Crippen molar-refractivity contribution in [1.29, 1.82) is 0 Å². The molecular weight excluding hydrogens is 310 g/mol. The van der Waals surface area contributed by atoms with E-state index in [0.29, 0.717) is 19.7 Å². The molecule has 0 unspecified atom stereocenters. The number of nitrogens with zero attached hydrogens (tertiary/aromatic N) is 3. The Morgan fingerprint density at radius 1 is 1.48 bits per heavy atom. The fourth-order valence-electron chi connectivity index (χ4n) is 3.39. The van der Waals surface area contributed by atoms with Crippen LogP contribution in [0.4, 0.5) is 0 Å². The lowest BCUT2D eigenvalue weighted by Gasteiger charge is -2.32. The lowest BCUT2D eigenvalue weighted by atomic mass is 9.98. The number of carbonyl (C=O) groups is 1. The molecule has 1 fully saturated rings. The molecular formula is C17H21N3O2S. The Labute approximate surface area is 139 Å². The summed E-state index contributed by atoms with van der Waals surface area (Å²) in [7, 11) is 1.72. The molecule has 1 amide bonds. The Balaban J connectivity index is 1.60. The van der Waals surface area contributed by atoms with Crippen molar-refractivity contribution in [2.24, 2.45) is 5.92 Å². The molecule has 6 heteroatoms. The third kappa shape index (κ3) is 2.93. The molecule has 2 aliphatic rings. The third-order valence-corrected chi connectivity index (χ3v) is 5.52. The zero-order valence-electron chi connectivity index (χ0n) is 13.3. The van der Waals surface area contributed by atoms with Gasteiger partial charge in [0.2, 0.25) is 0 Å². The van der Waals surface area contributed by atoms with Gasteiger partial charge in [-0.15, -0.1) is 11.3 Å². The van der Waals surface area contributed by atoms with Crippen molar-refractivity contribution in [3.8, 4) is 0 Å². The summed E-state index contributed by atoms with van der Waals surface area (Å²) in [5.41, 5.74) is 2.30. The molecule has 1 aliphatic carbocycles. The van der Waals surface area contributed by atoms with Crippen LogP contribution in [-0.4, -0.2) is 40.6 Å². The largest absolute Gasteiger partial charge is 0.384 e. The fraction of sp³-hybridized carbons (Fsp3) is 0.529. The van der Waals surface area contributed by atoms with E-state index < -0.39 is 0 Å². The van der Waals surface area contributed by atoms with E-state index in [4.69, 9.17) is 4.74 Å². The zero-order chi connectivity index (χ0) is 15.8. The summed E-state index contributed by atoms with van der Waals surface area (Å²) in [6.07, 6.45) is 4.60. The van der Waals surface area contributed by atoms with E-state index in [0.717, 1.165) is 23.0 Å². The normalized spacial score (nSPS) is 20.6. The maximum absolute atomic E-state index is 12.7. The second-order valence-electron chi connectivity index (χ2n) is 6.49. The van der Waals surface area contributed by atoms with Crippen molar-refractivity contribution in [3.05, 3.63) is 40.1 Å². The van der Waals surface area contributed by atoms with E-state index in [9.17, 15) is 4.79 Å². The van der Waals surface area contributed by atoms with Crippen LogP contribution in [0.15, 0.2) is 23.8 Å². The minimum absolute atomic E-state index is 0.100. The topological polar surface area (TPSA) is 47.4 Å². The Bertz CT molecular complexity index is 691. The Kier molecular flexibility index (Phi) is 3.95. The lowest BCUT2D eigenvalue weighted by Crippen LogP contribution is -2.40. The fourth-order valence-corrected chi connectivity index (χ4v) is 4.08. The van der Waals surface area contributed by atoms with Gasteiger partial charge in [-0.3, -0.25) is 4.79 Å². The van der Waals surface area contributed by atoms with Gasteiger partial charge in [-0.1, -0.05) is 6.07 Å². The van der Waals surface area contributed by atoms with E-state index in [2.05, 4.69) is 9.55 Å². The van der Waals surface area contributed by atoms with E-state index in [-0.39, 0.29) is 11.8 Å². The van der Waals surface area contributed by atoms with Crippen LogP contribution >= 0.6 is 11.3 Å². The number of fused-ring (bicyclic) bond motifs is 1. The van der Waals surface area contributed by atoms with Crippen molar-refractivity contribution in [1.82, 2.24) is 14.5 Å². The van der Waals surface area contributed by atoms with Gasteiger partial charge in [0.25, 0.3) is 5.91 Å².